The molecular weight excluding hydrogens is 244 g/mol. The van der Waals surface area contributed by atoms with Gasteiger partial charge in [0.15, 0.2) is 0 Å². The summed E-state index contributed by atoms with van der Waals surface area (Å²) in [6.07, 6.45) is 1.43. The molecule has 0 heterocycles. The van der Waals surface area contributed by atoms with Gasteiger partial charge in [-0.05, 0) is 39.5 Å². The SMILES string of the molecule is CC(C)C(CO)NC1CC(NC(=O)OC(C)(C)C)C1. The molecule has 1 aliphatic carbocycles. The van der Waals surface area contributed by atoms with E-state index in [1.54, 1.807) is 0 Å². The first-order valence-electron chi connectivity index (χ1n) is 7.07. The van der Waals surface area contributed by atoms with Crippen LogP contribution in [0.2, 0.25) is 0 Å². The van der Waals surface area contributed by atoms with Crippen LogP contribution >= 0.6 is 0 Å². The number of nitrogens with one attached hydrogen (secondary N) is 2. The van der Waals surface area contributed by atoms with E-state index in [4.69, 9.17) is 4.74 Å². The van der Waals surface area contributed by atoms with Gasteiger partial charge in [-0.3, -0.25) is 0 Å². The normalized spacial score (nSPS) is 24.8. The molecule has 0 spiro atoms. The summed E-state index contributed by atoms with van der Waals surface area (Å²) in [5, 5.41) is 15.5. The number of alkyl carbamates (subject to hydrolysis) is 1. The van der Waals surface area contributed by atoms with E-state index in [0.29, 0.717) is 12.0 Å². The molecule has 0 radical (unpaired) electrons. The Morgan fingerprint density at radius 1 is 1.32 bits per heavy atom. The second-order valence-electron chi connectivity index (χ2n) is 6.71. The number of ether oxygens (including phenoxy) is 1. The van der Waals surface area contributed by atoms with Crippen LogP contribution in [-0.4, -0.2) is 41.5 Å². The molecule has 1 fully saturated rings. The number of hydrogen-bond acceptors (Lipinski definition) is 4. The Morgan fingerprint density at radius 3 is 2.32 bits per heavy atom. The molecule has 1 amide bonds. The van der Waals surface area contributed by atoms with E-state index >= 15 is 0 Å². The molecule has 1 unspecified atom stereocenters. The van der Waals surface area contributed by atoms with E-state index in [1.165, 1.54) is 0 Å². The van der Waals surface area contributed by atoms with Gasteiger partial charge in [-0.1, -0.05) is 13.8 Å². The van der Waals surface area contributed by atoms with Crippen LogP contribution in [0.1, 0.15) is 47.5 Å². The molecule has 112 valence electrons. The predicted molar refractivity (Wildman–Crippen MR) is 75.0 cm³/mol. The fourth-order valence-corrected chi connectivity index (χ4v) is 2.10. The van der Waals surface area contributed by atoms with Crippen LogP contribution < -0.4 is 10.6 Å². The third kappa shape index (κ3) is 5.78. The highest BCUT2D eigenvalue weighted by Crippen LogP contribution is 2.22. The highest BCUT2D eigenvalue weighted by atomic mass is 16.6. The summed E-state index contributed by atoms with van der Waals surface area (Å²) in [6, 6.07) is 0.686. The molecule has 5 nitrogen and oxygen atoms in total. The fraction of sp³-hybridized carbons (Fsp3) is 0.929. The first-order valence-corrected chi connectivity index (χ1v) is 7.07. The Balaban J connectivity index is 2.21. The summed E-state index contributed by atoms with van der Waals surface area (Å²) in [5.41, 5.74) is -0.453. The largest absolute Gasteiger partial charge is 0.444 e. The van der Waals surface area contributed by atoms with Crippen molar-refractivity contribution in [1.82, 2.24) is 10.6 Å². The lowest BCUT2D eigenvalue weighted by Gasteiger charge is -2.39. The van der Waals surface area contributed by atoms with Gasteiger partial charge in [-0.25, -0.2) is 4.79 Å². The number of rotatable bonds is 5. The van der Waals surface area contributed by atoms with Crippen molar-refractivity contribution in [3.8, 4) is 0 Å². The van der Waals surface area contributed by atoms with Crippen molar-refractivity contribution in [3.63, 3.8) is 0 Å². The molecule has 0 aromatic carbocycles. The molecule has 5 heteroatoms. The molecule has 0 bridgehead atoms. The molecule has 1 atom stereocenters. The maximum Gasteiger partial charge on any atom is 0.407 e. The van der Waals surface area contributed by atoms with Crippen LogP contribution in [0.4, 0.5) is 4.79 Å². The van der Waals surface area contributed by atoms with Crippen LogP contribution in [0.25, 0.3) is 0 Å². The fourth-order valence-electron chi connectivity index (χ4n) is 2.10. The van der Waals surface area contributed by atoms with Crippen molar-refractivity contribution in [2.45, 2.75) is 71.2 Å². The number of aliphatic hydroxyl groups is 1. The van der Waals surface area contributed by atoms with Crippen LogP contribution in [-0.2, 0) is 4.74 Å². The zero-order chi connectivity index (χ0) is 14.6. The molecular formula is C14H28N2O3. The number of carbonyl (C=O) groups is 1. The topological polar surface area (TPSA) is 70.6 Å². The molecule has 1 saturated carbocycles. The zero-order valence-corrected chi connectivity index (χ0v) is 12.7. The van der Waals surface area contributed by atoms with E-state index in [1.807, 2.05) is 20.8 Å². The van der Waals surface area contributed by atoms with Gasteiger partial charge in [0, 0.05) is 18.1 Å². The molecule has 0 aromatic heterocycles. The first kappa shape index (κ1) is 16.2. The van der Waals surface area contributed by atoms with Gasteiger partial charge in [0.1, 0.15) is 5.60 Å². The Hall–Kier alpha value is -0.810. The average molecular weight is 272 g/mol. The Kier molecular flexibility index (Phi) is 5.62. The van der Waals surface area contributed by atoms with Gasteiger partial charge >= 0.3 is 6.09 Å². The number of hydrogen-bond donors (Lipinski definition) is 3. The van der Waals surface area contributed by atoms with Crippen molar-refractivity contribution in [3.05, 3.63) is 0 Å². The van der Waals surface area contributed by atoms with E-state index in [2.05, 4.69) is 24.5 Å². The molecule has 0 aromatic rings. The molecule has 1 rings (SSSR count). The lowest BCUT2D eigenvalue weighted by molar-refractivity contribution is 0.0456. The van der Waals surface area contributed by atoms with Gasteiger partial charge in [-0.2, -0.15) is 0 Å². The molecule has 0 aliphatic heterocycles. The van der Waals surface area contributed by atoms with Crippen molar-refractivity contribution < 1.29 is 14.6 Å². The minimum absolute atomic E-state index is 0.132. The minimum atomic E-state index is -0.453. The lowest BCUT2D eigenvalue weighted by Crippen LogP contribution is -2.56. The summed E-state index contributed by atoms with van der Waals surface area (Å²) in [4.78, 5) is 11.6. The Bertz CT molecular complexity index is 294. The van der Waals surface area contributed by atoms with E-state index in [9.17, 15) is 9.90 Å². The molecule has 0 saturated heterocycles. The number of carbonyl (C=O) groups excluding carboxylic acids is 1. The lowest BCUT2D eigenvalue weighted by atomic mass is 9.85. The summed E-state index contributed by atoms with van der Waals surface area (Å²) in [6.45, 7) is 9.88. The third-order valence-corrected chi connectivity index (χ3v) is 3.31. The van der Waals surface area contributed by atoms with Gasteiger partial charge in [0.05, 0.1) is 6.61 Å². The molecule has 3 N–H and O–H groups in total. The van der Waals surface area contributed by atoms with E-state index in [-0.39, 0.29) is 24.8 Å². The third-order valence-electron chi connectivity index (χ3n) is 3.31. The second-order valence-corrected chi connectivity index (χ2v) is 6.71. The van der Waals surface area contributed by atoms with Gasteiger partial charge in [-0.15, -0.1) is 0 Å². The van der Waals surface area contributed by atoms with E-state index in [0.717, 1.165) is 12.8 Å². The average Bonchev–Trinajstić information content (AvgIpc) is 2.17. The maximum absolute atomic E-state index is 11.6. The van der Waals surface area contributed by atoms with Gasteiger partial charge in [0.25, 0.3) is 0 Å². The van der Waals surface area contributed by atoms with Crippen molar-refractivity contribution in [2.24, 2.45) is 5.92 Å². The van der Waals surface area contributed by atoms with Crippen molar-refractivity contribution in [1.29, 1.82) is 0 Å². The monoisotopic (exact) mass is 272 g/mol. The van der Waals surface area contributed by atoms with E-state index < -0.39 is 5.60 Å². The van der Waals surface area contributed by atoms with Crippen LogP contribution in [0, 0.1) is 5.92 Å². The van der Waals surface area contributed by atoms with Gasteiger partial charge < -0.3 is 20.5 Å². The predicted octanol–water partition coefficient (Wildman–Crippen LogP) is 1.65. The van der Waals surface area contributed by atoms with Crippen LogP contribution in [0.15, 0.2) is 0 Å². The highest BCUT2D eigenvalue weighted by molar-refractivity contribution is 5.68. The number of aliphatic hydroxyl groups excluding tert-OH is 1. The Labute approximate surface area is 116 Å². The maximum atomic E-state index is 11.6. The summed E-state index contributed by atoms with van der Waals surface area (Å²) in [7, 11) is 0. The molecule has 1 aliphatic rings. The van der Waals surface area contributed by atoms with Gasteiger partial charge in [0.2, 0.25) is 0 Å². The smallest absolute Gasteiger partial charge is 0.407 e. The molecule has 19 heavy (non-hydrogen) atoms. The second kappa shape index (κ2) is 6.57. The Morgan fingerprint density at radius 2 is 1.89 bits per heavy atom. The van der Waals surface area contributed by atoms with Crippen molar-refractivity contribution >= 4 is 6.09 Å². The minimum Gasteiger partial charge on any atom is -0.444 e. The number of amides is 1. The summed E-state index contributed by atoms with van der Waals surface area (Å²) in [5.74, 6) is 0.405. The van der Waals surface area contributed by atoms with Crippen LogP contribution in [0.5, 0.6) is 0 Å². The quantitative estimate of drug-likeness (QED) is 0.711. The highest BCUT2D eigenvalue weighted by Gasteiger charge is 2.33. The summed E-state index contributed by atoms with van der Waals surface area (Å²) < 4.78 is 5.21. The zero-order valence-electron chi connectivity index (χ0n) is 12.7. The summed E-state index contributed by atoms with van der Waals surface area (Å²) >= 11 is 0. The first-order chi connectivity index (χ1) is 8.71. The van der Waals surface area contributed by atoms with Crippen LogP contribution in [0.3, 0.4) is 0 Å². The van der Waals surface area contributed by atoms with Crippen molar-refractivity contribution in [2.75, 3.05) is 6.61 Å². The standard InChI is InChI=1S/C14H28N2O3/c1-9(2)12(8-17)15-10-6-11(7-10)16-13(18)19-14(3,4)5/h9-12,15,17H,6-8H2,1-5H3,(H,16,18).